The second-order valence-corrected chi connectivity index (χ2v) is 5.77. The molecule has 1 atom stereocenters. The topological polar surface area (TPSA) is 33.1 Å². The first-order valence-corrected chi connectivity index (χ1v) is 6.80. The van der Waals surface area contributed by atoms with Crippen LogP contribution in [0, 0.1) is 5.92 Å². The van der Waals surface area contributed by atoms with Gasteiger partial charge in [0.2, 0.25) is 0 Å². The van der Waals surface area contributed by atoms with Crippen LogP contribution in [-0.2, 0) is 0 Å². The molecule has 0 saturated heterocycles. The lowest BCUT2D eigenvalue weighted by molar-refractivity contribution is 0.275. The quantitative estimate of drug-likeness (QED) is 0.787. The number of hydrogen-bond donors (Lipinski definition) is 1. The zero-order valence-corrected chi connectivity index (χ0v) is 10.0. The number of nitrogens with zero attached hydrogens (tertiary/aromatic N) is 1. The van der Waals surface area contributed by atoms with E-state index in [0.29, 0.717) is 5.92 Å². The third-order valence-electron chi connectivity index (χ3n) is 1.82. The molecular weight excluding hydrogens is 214 g/mol. The molecule has 0 aliphatic rings. The minimum Gasteiger partial charge on any atom is -0.395 e. The highest BCUT2D eigenvalue weighted by atomic mass is 33.1. The van der Waals surface area contributed by atoms with Gasteiger partial charge in [-0.05, 0) is 28.8 Å². The number of aliphatic hydroxyl groups is 1. The molecule has 0 aliphatic carbocycles. The van der Waals surface area contributed by atoms with Gasteiger partial charge in [-0.2, -0.15) is 0 Å². The molecule has 1 rings (SSSR count). The van der Waals surface area contributed by atoms with Gasteiger partial charge in [-0.3, -0.25) is 0 Å². The summed E-state index contributed by atoms with van der Waals surface area (Å²) in [6, 6.07) is 5.85. The first kappa shape index (κ1) is 11.9. The Labute approximate surface area is 92.9 Å². The van der Waals surface area contributed by atoms with Gasteiger partial charge in [0.1, 0.15) is 5.03 Å². The summed E-state index contributed by atoms with van der Waals surface area (Å²) in [4.78, 5) is 4.20. The minimum atomic E-state index is 0.224. The number of rotatable bonds is 5. The predicted molar refractivity (Wildman–Crippen MR) is 63.4 cm³/mol. The molecule has 4 heteroatoms. The van der Waals surface area contributed by atoms with Gasteiger partial charge in [0, 0.05) is 11.4 Å². The van der Waals surface area contributed by atoms with E-state index in [0.717, 1.165) is 5.03 Å². The van der Waals surface area contributed by atoms with E-state index in [2.05, 4.69) is 18.8 Å². The maximum absolute atomic E-state index is 9.12. The van der Waals surface area contributed by atoms with Gasteiger partial charge in [-0.15, -0.1) is 0 Å². The third kappa shape index (κ3) is 3.90. The van der Waals surface area contributed by atoms with E-state index in [1.807, 2.05) is 18.2 Å². The summed E-state index contributed by atoms with van der Waals surface area (Å²) in [5.41, 5.74) is 0. The van der Waals surface area contributed by atoms with Crippen molar-refractivity contribution in [2.45, 2.75) is 24.1 Å². The lowest BCUT2D eigenvalue weighted by atomic mass is 10.1. The molecule has 0 fully saturated rings. The van der Waals surface area contributed by atoms with Gasteiger partial charge in [0.05, 0.1) is 6.61 Å². The molecule has 78 valence electrons. The Kier molecular flexibility index (Phi) is 5.37. The van der Waals surface area contributed by atoms with Crippen LogP contribution >= 0.6 is 21.6 Å². The first-order valence-electron chi connectivity index (χ1n) is 4.59. The van der Waals surface area contributed by atoms with Crippen LogP contribution in [-0.4, -0.2) is 21.9 Å². The second kappa shape index (κ2) is 6.32. The molecule has 1 heterocycles. The van der Waals surface area contributed by atoms with Crippen LogP contribution in [0.25, 0.3) is 0 Å². The maximum atomic E-state index is 9.12. The fourth-order valence-corrected chi connectivity index (χ4v) is 3.41. The van der Waals surface area contributed by atoms with Crippen LogP contribution in [0.15, 0.2) is 29.4 Å². The normalized spacial score (nSPS) is 13.1. The average Bonchev–Trinajstić information content (AvgIpc) is 2.20. The van der Waals surface area contributed by atoms with Crippen LogP contribution < -0.4 is 0 Å². The number of pyridine rings is 1. The molecule has 0 radical (unpaired) electrons. The van der Waals surface area contributed by atoms with Gasteiger partial charge >= 0.3 is 0 Å². The molecule has 0 unspecified atom stereocenters. The lowest BCUT2D eigenvalue weighted by Gasteiger charge is -2.15. The number of hydrogen-bond acceptors (Lipinski definition) is 4. The predicted octanol–water partition coefficient (Wildman–Crippen LogP) is 2.84. The van der Waals surface area contributed by atoms with Crippen molar-refractivity contribution in [1.29, 1.82) is 0 Å². The fourth-order valence-electron chi connectivity index (χ4n) is 0.860. The molecule has 1 aromatic rings. The minimum absolute atomic E-state index is 0.224. The Bertz CT molecular complexity index is 254. The Hall–Kier alpha value is -0.190. The van der Waals surface area contributed by atoms with Crippen LogP contribution in [0.2, 0.25) is 0 Å². The standard InChI is InChI=1S/C10H15NOS2/c1-8(2)9(7-12)13-14-10-5-3-4-6-11-10/h3-6,8-9,12H,7H2,1-2H3/t9-/m0/s1. The maximum Gasteiger partial charge on any atom is 0.106 e. The van der Waals surface area contributed by atoms with Crippen molar-refractivity contribution in [2.24, 2.45) is 5.92 Å². The number of aliphatic hydroxyl groups excluding tert-OH is 1. The van der Waals surface area contributed by atoms with Gasteiger partial charge in [-0.1, -0.05) is 30.7 Å². The van der Waals surface area contributed by atoms with Crippen molar-refractivity contribution < 1.29 is 5.11 Å². The van der Waals surface area contributed by atoms with Crippen molar-refractivity contribution in [3.8, 4) is 0 Å². The number of aromatic nitrogens is 1. The largest absolute Gasteiger partial charge is 0.395 e. The summed E-state index contributed by atoms with van der Waals surface area (Å²) in [7, 11) is 3.31. The Morgan fingerprint density at radius 1 is 1.43 bits per heavy atom. The van der Waals surface area contributed by atoms with Crippen molar-refractivity contribution in [3.63, 3.8) is 0 Å². The van der Waals surface area contributed by atoms with Crippen LogP contribution in [0.4, 0.5) is 0 Å². The first-order chi connectivity index (χ1) is 6.74. The van der Waals surface area contributed by atoms with E-state index in [1.54, 1.807) is 27.8 Å². The smallest absolute Gasteiger partial charge is 0.106 e. The van der Waals surface area contributed by atoms with Crippen molar-refractivity contribution in [2.75, 3.05) is 6.61 Å². The summed E-state index contributed by atoms with van der Waals surface area (Å²) >= 11 is 0. The third-order valence-corrected chi connectivity index (χ3v) is 4.81. The highest BCUT2D eigenvalue weighted by Gasteiger charge is 2.13. The average molecular weight is 229 g/mol. The molecule has 2 nitrogen and oxygen atoms in total. The van der Waals surface area contributed by atoms with E-state index < -0.39 is 0 Å². The van der Waals surface area contributed by atoms with E-state index in [1.165, 1.54) is 0 Å². The Balaban J connectivity index is 2.40. The molecule has 1 N–H and O–H groups in total. The summed E-state index contributed by atoms with van der Waals surface area (Å²) in [6.45, 7) is 4.46. The van der Waals surface area contributed by atoms with E-state index >= 15 is 0 Å². The molecule has 0 saturated carbocycles. The monoisotopic (exact) mass is 229 g/mol. The van der Waals surface area contributed by atoms with Gasteiger partial charge in [0.25, 0.3) is 0 Å². The van der Waals surface area contributed by atoms with Crippen molar-refractivity contribution in [3.05, 3.63) is 24.4 Å². The molecule has 0 bridgehead atoms. The van der Waals surface area contributed by atoms with E-state index in [4.69, 9.17) is 5.11 Å². The second-order valence-electron chi connectivity index (χ2n) is 3.31. The lowest BCUT2D eigenvalue weighted by Crippen LogP contribution is -2.14. The molecule has 0 aromatic carbocycles. The van der Waals surface area contributed by atoms with Crippen molar-refractivity contribution >= 4 is 21.6 Å². The zero-order valence-electron chi connectivity index (χ0n) is 8.38. The van der Waals surface area contributed by atoms with Gasteiger partial charge in [-0.25, -0.2) is 4.98 Å². The van der Waals surface area contributed by atoms with Crippen molar-refractivity contribution in [1.82, 2.24) is 4.98 Å². The Morgan fingerprint density at radius 2 is 2.21 bits per heavy atom. The summed E-state index contributed by atoms with van der Waals surface area (Å²) < 4.78 is 0. The Morgan fingerprint density at radius 3 is 2.71 bits per heavy atom. The summed E-state index contributed by atoms with van der Waals surface area (Å²) in [5, 5.41) is 10.4. The summed E-state index contributed by atoms with van der Waals surface area (Å²) in [5.74, 6) is 0.487. The van der Waals surface area contributed by atoms with Crippen LogP contribution in [0.3, 0.4) is 0 Å². The summed E-state index contributed by atoms with van der Waals surface area (Å²) in [6.07, 6.45) is 1.78. The van der Waals surface area contributed by atoms with E-state index in [-0.39, 0.29) is 11.9 Å². The highest BCUT2D eigenvalue weighted by Crippen LogP contribution is 2.35. The molecule has 0 spiro atoms. The molecule has 14 heavy (non-hydrogen) atoms. The van der Waals surface area contributed by atoms with E-state index in [9.17, 15) is 0 Å². The highest BCUT2D eigenvalue weighted by molar-refractivity contribution is 8.76. The molecule has 0 amide bonds. The van der Waals surface area contributed by atoms with Gasteiger partial charge < -0.3 is 5.11 Å². The molecular formula is C10H15NOS2. The van der Waals surface area contributed by atoms with Gasteiger partial charge in [0.15, 0.2) is 0 Å². The van der Waals surface area contributed by atoms with Crippen LogP contribution in [0.5, 0.6) is 0 Å². The zero-order chi connectivity index (χ0) is 10.4. The van der Waals surface area contributed by atoms with Crippen LogP contribution in [0.1, 0.15) is 13.8 Å². The fraction of sp³-hybridized carbons (Fsp3) is 0.500. The molecule has 0 aliphatic heterocycles. The molecule has 1 aromatic heterocycles. The SMILES string of the molecule is CC(C)[C@H](CO)SSc1ccccn1.